The standard InChI is InChI=1S/C18H19FN4O3S/c1-2-22(11-16(24)20-10-13-5-7-14(19)8-6-13)12-23-18(25)26-17(21-23)15-4-3-9-27-15/h3-9H,2,10-12H2,1H3,(H,20,24). The van der Waals surface area contributed by atoms with Crippen molar-refractivity contribution in [2.75, 3.05) is 13.1 Å². The molecule has 0 radical (unpaired) electrons. The van der Waals surface area contributed by atoms with E-state index in [0.29, 0.717) is 13.1 Å². The number of amides is 1. The van der Waals surface area contributed by atoms with E-state index in [2.05, 4.69) is 10.4 Å². The van der Waals surface area contributed by atoms with Crippen molar-refractivity contribution in [2.45, 2.75) is 20.1 Å². The average molecular weight is 390 g/mol. The molecule has 1 N–H and O–H groups in total. The first-order valence-electron chi connectivity index (χ1n) is 8.40. The molecule has 0 aliphatic rings. The summed E-state index contributed by atoms with van der Waals surface area (Å²) in [6.07, 6.45) is 0. The van der Waals surface area contributed by atoms with E-state index in [1.807, 2.05) is 24.4 Å². The monoisotopic (exact) mass is 390 g/mol. The van der Waals surface area contributed by atoms with E-state index >= 15 is 0 Å². The molecule has 0 fully saturated rings. The number of nitrogens with one attached hydrogen (secondary N) is 1. The third kappa shape index (κ3) is 5.11. The maximum Gasteiger partial charge on any atom is 0.438 e. The molecule has 27 heavy (non-hydrogen) atoms. The molecule has 2 heterocycles. The third-order valence-electron chi connectivity index (χ3n) is 3.89. The van der Waals surface area contributed by atoms with Crippen molar-refractivity contribution in [1.82, 2.24) is 20.0 Å². The summed E-state index contributed by atoms with van der Waals surface area (Å²) in [7, 11) is 0. The topological polar surface area (TPSA) is 80.4 Å². The summed E-state index contributed by atoms with van der Waals surface area (Å²) in [6, 6.07) is 9.61. The lowest BCUT2D eigenvalue weighted by Gasteiger charge is -2.18. The van der Waals surface area contributed by atoms with Gasteiger partial charge in [-0.05, 0) is 35.7 Å². The van der Waals surface area contributed by atoms with Crippen LogP contribution in [0.1, 0.15) is 12.5 Å². The van der Waals surface area contributed by atoms with Gasteiger partial charge in [0.1, 0.15) is 12.5 Å². The van der Waals surface area contributed by atoms with Gasteiger partial charge in [0.05, 0.1) is 11.4 Å². The largest absolute Gasteiger partial charge is 0.438 e. The maximum atomic E-state index is 12.9. The van der Waals surface area contributed by atoms with Gasteiger partial charge < -0.3 is 9.73 Å². The Balaban J connectivity index is 1.56. The Morgan fingerprint density at radius 2 is 2.11 bits per heavy atom. The lowest BCUT2D eigenvalue weighted by atomic mass is 10.2. The van der Waals surface area contributed by atoms with Crippen LogP contribution in [0, 0.1) is 5.82 Å². The van der Waals surface area contributed by atoms with E-state index in [9.17, 15) is 14.0 Å². The summed E-state index contributed by atoms with van der Waals surface area (Å²) >= 11 is 1.43. The minimum atomic E-state index is -0.566. The Hall–Kier alpha value is -2.78. The molecule has 9 heteroatoms. The van der Waals surface area contributed by atoms with Crippen LogP contribution in [0.3, 0.4) is 0 Å². The summed E-state index contributed by atoms with van der Waals surface area (Å²) in [5, 5.41) is 8.84. The van der Waals surface area contributed by atoms with Crippen LogP contribution < -0.4 is 11.1 Å². The minimum absolute atomic E-state index is 0.103. The van der Waals surface area contributed by atoms with Crippen LogP contribution >= 0.6 is 11.3 Å². The van der Waals surface area contributed by atoms with Crippen LogP contribution in [0.15, 0.2) is 51.0 Å². The molecule has 0 atom stereocenters. The van der Waals surface area contributed by atoms with Gasteiger partial charge in [0.15, 0.2) is 0 Å². The molecular weight excluding hydrogens is 371 g/mol. The Morgan fingerprint density at radius 1 is 1.33 bits per heavy atom. The number of carbonyl (C=O) groups excluding carboxylic acids is 1. The lowest BCUT2D eigenvalue weighted by Crippen LogP contribution is -2.39. The van der Waals surface area contributed by atoms with Crippen LogP contribution in [0.5, 0.6) is 0 Å². The van der Waals surface area contributed by atoms with Crippen LogP contribution in [0.4, 0.5) is 4.39 Å². The number of carbonyl (C=O) groups is 1. The SMILES string of the molecule is CCN(CC(=O)NCc1ccc(F)cc1)Cn1nc(-c2cccs2)oc1=O. The highest BCUT2D eigenvalue weighted by Gasteiger charge is 2.15. The smallest absolute Gasteiger partial charge is 0.387 e. The number of halogens is 1. The highest BCUT2D eigenvalue weighted by atomic mass is 32.1. The fourth-order valence-corrected chi connectivity index (χ4v) is 3.05. The van der Waals surface area contributed by atoms with Crippen LogP contribution in [-0.4, -0.2) is 33.7 Å². The normalized spacial score (nSPS) is 11.1. The third-order valence-corrected chi connectivity index (χ3v) is 4.75. The molecule has 2 aromatic heterocycles. The van der Waals surface area contributed by atoms with Gasteiger partial charge in [0.25, 0.3) is 5.89 Å². The molecule has 7 nitrogen and oxygen atoms in total. The minimum Gasteiger partial charge on any atom is -0.387 e. The molecule has 142 valence electrons. The zero-order chi connectivity index (χ0) is 19.2. The fraction of sp³-hybridized carbons (Fsp3) is 0.278. The number of aromatic nitrogens is 2. The number of hydrogen-bond donors (Lipinski definition) is 1. The van der Waals surface area contributed by atoms with E-state index in [-0.39, 0.29) is 30.8 Å². The van der Waals surface area contributed by atoms with Crippen molar-refractivity contribution >= 4 is 17.2 Å². The predicted molar refractivity (Wildman–Crippen MR) is 99.6 cm³/mol. The molecule has 1 aromatic carbocycles. The lowest BCUT2D eigenvalue weighted by molar-refractivity contribution is -0.122. The van der Waals surface area contributed by atoms with Gasteiger partial charge in [-0.3, -0.25) is 9.69 Å². The molecule has 3 rings (SSSR count). The van der Waals surface area contributed by atoms with Crippen molar-refractivity contribution in [3.8, 4) is 10.8 Å². The Bertz CT molecular complexity index is 934. The van der Waals surface area contributed by atoms with E-state index in [1.165, 1.54) is 28.2 Å². The summed E-state index contributed by atoms with van der Waals surface area (Å²) in [6.45, 7) is 3.00. The number of hydrogen-bond acceptors (Lipinski definition) is 6. The molecule has 0 saturated carbocycles. The second-order valence-electron chi connectivity index (χ2n) is 5.84. The summed E-state index contributed by atoms with van der Waals surface area (Å²) in [5.41, 5.74) is 0.807. The number of likely N-dealkylation sites (N-methyl/N-ethyl adjacent to an activating group) is 1. The average Bonchev–Trinajstić information content (AvgIpc) is 3.31. The summed E-state index contributed by atoms with van der Waals surface area (Å²) in [4.78, 5) is 26.7. The van der Waals surface area contributed by atoms with Gasteiger partial charge in [0.2, 0.25) is 5.91 Å². The predicted octanol–water partition coefficient (Wildman–Crippen LogP) is 2.30. The second-order valence-corrected chi connectivity index (χ2v) is 6.79. The van der Waals surface area contributed by atoms with Crippen molar-refractivity contribution in [2.24, 2.45) is 0 Å². The number of thiophene rings is 1. The molecule has 0 aliphatic heterocycles. The highest BCUT2D eigenvalue weighted by Crippen LogP contribution is 2.21. The van der Waals surface area contributed by atoms with Crippen molar-refractivity contribution in [1.29, 1.82) is 0 Å². The quantitative estimate of drug-likeness (QED) is 0.638. The molecule has 3 aromatic rings. The first-order valence-corrected chi connectivity index (χ1v) is 9.28. The van der Waals surface area contributed by atoms with Gasteiger partial charge in [-0.2, -0.15) is 4.68 Å². The summed E-state index contributed by atoms with van der Waals surface area (Å²) in [5.74, 6) is -0.811. The Kier molecular flexibility index (Phi) is 6.15. The highest BCUT2D eigenvalue weighted by molar-refractivity contribution is 7.13. The molecule has 0 spiro atoms. The van der Waals surface area contributed by atoms with Gasteiger partial charge >= 0.3 is 5.76 Å². The van der Waals surface area contributed by atoms with Crippen LogP contribution in [-0.2, 0) is 18.0 Å². The van der Waals surface area contributed by atoms with Crippen LogP contribution in [0.25, 0.3) is 10.8 Å². The molecular formula is C18H19FN4O3S. The van der Waals surface area contributed by atoms with E-state index < -0.39 is 5.76 Å². The fourth-order valence-electron chi connectivity index (χ4n) is 2.41. The van der Waals surface area contributed by atoms with Crippen LogP contribution in [0.2, 0.25) is 0 Å². The van der Waals surface area contributed by atoms with Gasteiger partial charge in [0, 0.05) is 6.54 Å². The second kappa shape index (κ2) is 8.74. The van der Waals surface area contributed by atoms with Crippen molar-refractivity contribution in [3.63, 3.8) is 0 Å². The molecule has 1 amide bonds. The summed E-state index contributed by atoms with van der Waals surface area (Å²) < 4.78 is 19.3. The van der Waals surface area contributed by atoms with E-state index in [1.54, 1.807) is 17.0 Å². The first-order chi connectivity index (χ1) is 13.0. The number of nitrogens with zero attached hydrogens (tertiary/aromatic N) is 3. The zero-order valence-corrected chi connectivity index (χ0v) is 15.5. The van der Waals surface area contributed by atoms with Gasteiger partial charge in [-0.1, -0.05) is 25.1 Å². The first kappa shape index (κ1) is 19.0. The van der Waals surface area contributed by atoms with Gasteiger partial charge in [-0.15, -0.1) is 16.4 Å². The van der Waals surface area contributed by atoms with E-state index in [4.69, 9.17) is 4.42 Å². The molecule has 0 bridgehead atoms. The maximum absolute atomic E-state index is 12.9. The zero-order valence-electron chi connectivity index (χ0n) is 14.7. The van der Waals surface area contributed by atoms with Crippen molar-refractivity contribution in [3.05, 3.63) is 63.7 Å². The van der Waals surface area contributed by atoms with Gasteiger partial charge in [-0.25, -0.2) is 9.18 Å². The number of benzene rings is 1. The van der Waals surface area contributed by atoms with Crippen molar-refractivity contribution < 1.29 is 13.6 Å². The van der Waals surface area contributed by atoms with E-state index in [0.717, 1.165) is 10.4 Å². The number of rotatable bonds is 8. The Morgan fingerprint density at radius 3 is 2.78 bits per heavy atom. The molecule has 0 aliphatic carbocycles. The molecule has 0 saturated heterocycles. The molecule has 0 unspecified atom stereocenters. The Labute approximate surface area is 159 Å².